The number of carbonyl (C=O) groups excluding carboxylic acids is 1. The molecule has 0 spiro atoms. The second-order valence-electron chi connectivity index (χ2n) is 6.95. The Hall–Kier alpha value is -2.21. The number of fused-ring (bicyclic) bond motifs is 1. The number of H-pyrrole nitrogens is 1. The van der Waals surface area contributed by atoms with E-state index in [0.717, 1.165) is 6.54 Å². The number of aromatic nitrogens is 2. The molecule has 1 fully saturated rings. The molecule has 6 heteroatoms. The van der Waals surface area contributed by atoms with Crippen molar-refractivity contribution < 1.29 is 4.79 Å². The average molecular weight is 342 g/mol. The van der Waals surface area contributed by atoms with Crippen molar-refractivity contribution in [3.8, 4) is 0 Å². The van der Waals surface area contributed by atoms with Crippen molar-refractivity contribution >= 4 is 16.8 Å². The van der Waals surface area contributed by atoms with Gasteiger partial charge in [-0.2, -0.15) is 0 Å². The second kappa shape index (κ2) is 8.25. The first-order chi connectivity index (χ1) is 12.1. The van der Waals surface area contributed by atoms with Crippen LogP contribution in [0, 0.1) is 5.92 Å². The zero-order chi connectivity index (χ0) is 17.6. The van der Waals surface area contributed by atoms with Gasteiger partial charge in [-0.05, 0) is 44.0 Å². The van der Waals surface area contributed by atoms with Crippen molar-refractivity contribution in [2.45, 2.75) is 32.6 Å². The fraction of sp³-hybridized carbons (Fsp3) is 0.526. The van der Waals surface area contributed by atoms with Gasteiger partial charge in [0.2, 0.25) is 5.91 Å². The maximum Gasteiger partial charge on any atom is 0.258 e. The Kier molecular flexibility index (Phi) is 5.81. The van der Waals surface area contributed by atoms with E-state index in [9.17, 15) is 9.59 Å². The predicted octanol–water partition coefficient (Wildman–Crippen LogP) is 1.70. The molecule has 2 N–H and O–H groups in total. The SMILES string of the molecule is CC(CNC(=O)CCc1nc2ccccc2c(=O)[nH]1)CN1CCCC1. The Morgan fingerprint density at radius 3 is 2.88 bits per heavy atom. The topological polar surface area (TPSA) is 78.1 Å². The van der Waals surface area contributed by atoms with Gasteiger partial charge in [0.15, 0.2) is 0 Å². The van der Waals surface area contributed by atoms with Gasteiger partial charge in [0.05, 0.1) is 10.9 Å². The standard InChI is InChI=1S/C19H26N4O2/c1-14(13-23-10-4-5-11-23)12-20-18(24)9-8-17-21-16-7-3-2-6-15(16)19(25)22-17/h2-3,6-7,14H,4-5,8-13H2,1H3,(H,20,24)(H,21,22,25). The largest absolute Gasteiger partial charge is 0.356 e. The third kappa shape index (κ3) is 4.89. The maximum absolute atomic E-state index is 12.1. The van der Waals surface area contributed by atoms with E-state index in [1.54, 1.807) is 6.07 Å². The van der Waals surface area contributed by atoms with Crippen LogP contribution >= 0.6 is 0 Å². The molecule has 2 aromatic rings. The Morgan fingerprint density at radius 1 is 1.32 bits per heavy atom. The monoisotopic (exact) mass is 342 g/mol. The molecule has 1 aliphatic heterocycles. The lowest BCUT2D eigenvalue weighted by Gasteiger charge is -2.20. The number of aryl methyl sites for hydroxylation is 1. The summed E-state index contributed by atoms with van der Waals surface area (Å²) in [7, 11) is 0. The minimum absolute atomic E-state index is 0.00378. The van der Waals surface area contributed by atoms with Gasteiger partial charge >= 0.3 is 0 Å². The molecule has 0 radical (unpaired) electrons. The quantitative estimate of drug-likeness (QED) is 0.803. The van der Waals surface area contributed by atoms with Crippen LogP contribution in [0.25, 0.3) is 10.9 Å². The molecule has 1 aromatic heterocycles. The fourth-order valence-corrected chi connectivity index (χ4v) is 3.33. The predicted molar refractivity (Wildman–Crippen MR) is 98.5 cm³/mol. The minimum Gasteiger partial charge on any atom is -0.356 e. The number of amides is 1. The molecule has 1 aliphatic rings. The van der Waals surface area contributed by atoms with Crippen molar-refractivity contribution in [2.75, 3.05) is 26.2 Å². The molecule has 6 nitrogen and oxygen atoms in total. The normalized spacial score (nSPS) is 16.2. The van der Waals surface area contributed by atoms with Crippen LogP contribution in [-0.4, -0.2) is 47.0 Å². The van der Waals surface area contributed by atoms with E-state index in [2.05, 4.69) is 27.1 Å². The van der Waals surface area contributed by atoms with E-state index >= 15 is 0 Å². The molecule has 1 unspecified atom stereocenters. The molecular weight excluding hydrogens is 316 g/mol. The molecule has 0 saturated carbocycles. The number of nitrogens with zero attached hydrogens (tertiary/aromatic N) is 2. The van der Waals surface area contributed by atoms with E-state index < -0.39 is 0 Å². The van der Waals surface area contributed by atoms with Crippen LogP contribution in [0.4, 0.5) is 0 Å². The highest BCUT2D eigenvalue weighted by molar-refractivity contribution is 5.78. The summed E-state index contributed by atoms with van der Waals surface area (Å²) in [5.74, 6) is 1.01. The molecule has 1 amide bonds. The highest BCUT2D eigenvalue weighted by Gasteiger charge is 2.15. The Balaban J connectivity index is 1.46. The molecule has 3 rings (SSSR count). The van der Waals surface area contributed by atoms with Crippen molar-refractivity contribution in [3.63, 3.8) is 0 Å². The highest BCUT2D eigenvalue weighted by Crippen LogP contribution is 2.10. The molecular formula is C19H26N4O2. The second-order valence-corrected chi connectivity index (χ2v) is 6.95. The van der Waals surface area contributed by atoms with Gasteiger partial charge in [0, 0.05) is 25.9 Å². The van der Waals surface area contributed by atoms with E-state index in [1.807, 2.05) is 18.2 Å². The first kappa shape index (κ1) is 17.6. The summed E-state index contributed by atoms with van der Waals surface area (Å²) < 4.78 is 0. The van der Waals surface area contributed by atoms with Crippen LogP contribution in [0.2, 0.25) is 0 Å². The van der Waals surface area contributed by atoms with E-state index in [4.69, 9.17) is 0 Å². The van der Waals surface area contributed by atoms with E-state index in [-0.39, 0.29) is 11.5 Å². The van der Waals surface area contributed by atoms with Crippen LogP contribution in [0.1, 0.15) is 32.0 Å². The molecule has 1 atom stereocenters. The molecule has 25 heavy (non-hydrogen) atoms. The highest BCUT2D eigenvalue weighted by atomic mass is 16.1. The van der Waals surface area contributed by atoms with Gasteiger partial charge in [-0.3, -0.25) is 9.59 Å². The van der Waals surface area contributed by atoms with Crippen LogP contribution in [-0.2, 0) is 11.2 Å². The lowest BCUT2D eigenvalue weighted by molar-refractivity contribution is -0.121. The molecule has 0 aliphatic carbocycles. The molecule has 1 saturated heterocycles. The third-order valence-corrected chi connectivity index (χ3v) is 4.67. The minimum atomic E-state index is -0.153. The molecule has 134 valence electrons. The van der Waals surface area contributed by atoms with Crippen LogP contribution in [0.3, 0.4) is 0 Å². The number of aromatic amines is 1. The summed E-state index contributed by atoms with van der Waals surface area (Å²) in [6, 6.07) is 7.23. The van der Waals surface area contributed by atoms with Gasteiger partial charge in [-0.1, -0.05) is 19.1 Å². The average Bonchev–Trinajstić information content (AvgIpc) is 3.11. The number of carbonyl (C=O) groups is 1. The Labute approximate surface area is 147 Å². The number of likely N-dealkylation sites (tertiary alicyclic amines) is 1. The first-order valence-corrected chi connectivity index (χ1v) is 9.09. The molecule has 0 bridgehead atoms. The number of hydrogen-bond acceptors (Lipinski definition) is 4. The summed E-state index contributed by atoms with van der Waals surface area (Å²) >= 11 is 0. The Morgan fingerprint density at radius 2 is 2.08 bits per heavy atom. The zero-order valence-corrected chi connectivity index (χ0v) is 14.8. The van der Waals surface area contributed by atoms with Crippen molar-refractivity contribution in [1.29, 1.82) is 0 Å². The first-order valence-electron chi connectivity index (χ1n) is 9.09. The number of para-hydroxylation sites is 1. The zero-order valence-electron chi connectivity index (χ0n) is 14.8. The summed E-state index contributed by atoms with van der Waals surface area (Å²) in [6.45, 7) is 6.26. The summed E-state index contributed by atoms with van der Waals surface area (Å²) in [5, 5.41) is 3.57. The fourth-order valence-electron chi connectivity index (χ4n) is 3.33. The number of hydrogen-bond donors (Lipinski definition) is 2. The molecule has 2 heterocycles. The van der Waals surface area contributed by atoms with Crippen molar-refractivity contribution in [2.24, 2.45) is 5.92 Å². The number of nitrogens with one attached hydrogen (secondary N) is 2. The number of rotatable bonds is 7. The van der Waals surface area contributed by atoms with Crippen molar-refractivity contribution in [3.05, 3.63) is 40.4 Å². The molecule has 1 aromatic carbocycles. The van der Waals surface area contributed by atoms with Gasteiger partial charge in [0.1, 0.15) is 5.82 Å². The van der Waals surface area contributed by atoms with Gasteiger partial charge in [-0.25, -0.2) is 4.98 Å². The lowest BCUT2D eigenvalue weighted by Crippen LogP contribution is -2.34. The van der Waals surface area contributed by atoms with Crippen LogP contribution in [0.15, 0.2) is 29.1 Å². The summed E-state index contributed by atoms with van der Waals surface area (Å²) in [6.07, 6.45) is 3.34. The third-order valence-electron chi connectivity index (χ3n) is 4.67. The maximum atomic E-state index is 12.1. The summed E-state index contributed by atoms with van der Waals surface area (Å²) in [4.78, 5) is 33.7. The van der Waals surface area contributed by atoms with E-state index in [1.165, 1.54) is 25.9 Å². The van der Waals surface area contributed by atoms with Gasteiger partial charge in [-0.15, -0.1) is 0 Å². The van der Waals surface area contributed by atoms with Crippen LogP contribution in [0.5, 0.6) is 0 Å². The van der Waals surface area contributed by atoms with Gasteiger partial charge in [0.25, 0.3) is 5.56 Å². The number of benzene rings is 1. The smallest absolute Gasteiger partial charge is 0.258 e. The van der Waals surface area contributed by atoms with Crippen molar-refractivity contribution in [1.82, 2.24) is 20.2 Å². The van der Waals surface area contributed by atoms with Crippen LogP contribution < -0.4 is 10.9 Å². The lowest BCUT2D eigenvalue weighted by atomic mass is 10.1. The Bertz CT molecular complexity index is 780. The summed E-state index contributed by atoms with van der Waals surface area (Å²) in [5.41, 5.74) is 0.515. The van der Waals surface area contributed by atoms with Gasteiger partial charge < -0.3 is 15.2 Å². The van der Waals surface area contributed by atoms with E-state index in [0.29, 0.717) is 42.0 Å².